The number of esters is 4. The summed E-state index contributed by atoms with van der Waals surface area (Å²) in [4.78, 5) is 71.7. The van der Waals surface area contributed by atoms with Gasteiger partial charge in [-0.2, -0.15) is 0 Å². The lowest BCUT2D eigenvalue weighted by atomic mass is 10.0. The molecule has 0 rings (SSSR count). The second-order valence-electron chi connectivity index (χ2n) is 21.6. The number of carbonyl (C=O) groups is 4. The van der Waals surface area contributed by atoms with Crippen molar-refractivity contribution < 1.29 is 80.2 Å². The van der Waals surface area contributed by atoms with Crippen molar-refractivity contribution in [1.29, 1.82) is 0 Å². The van der Waals surface area contributed by atoms with Crippen LogP contribution in [0.25, 0.3) is 0 Å². The first-order valence-corrected chi connectivity index (χ1v) is 33.0. The molecule has 0 saturated heterocycles. The molecule has 0 radical (unpaired) electrons. The molecule has 0 aromatic carbocycles. The fourth-order valence-corrected chi connectivity index (χ4v) is 9.87. The number of hydrogen-bond donors (Lipinski definition) is 3. The van der Waals surface area contributed by atoms with Gasteiger partial charge in [-0.3, -0.25) is 37.3 Å². The van der Waals surface area contributed by atoms with Crippen LogP contribution >= 0.6 is 15.6 Å². The first-order valence-electron chi connectivity index (χ1n) is 30.0. The Morgan fingerprint density at radius 1 is 0.355 bits per heavy atom. The van der Waals surface area contributed by atoms with Gasteiger partial charge in [0.1, 0.15) is 19.3 Å². The van der Waals surface area contributed by atoms with Crippen LogP contribution in [-0.2, 0) is 65.4 Å². The highest BCUT2D eigenvalue weighted by Gasteiger charge is 2.30. The molecule has 3 N–H and O–H groups in total. The van der Waals surface area contributed by atoms with Gasteiger partial charge in [0.15, 0.2) is 12.2 Å². The minimum absolute atomic E-state index is 0.103. The zero-order valence-corrected chi connectivity index (χ0v) is 50.3. The van der Waals surface area contributed by atoms with E-state index in [-0.39, 0.29) is 25.7 Å². The van der Waals surface area contributed by atoms with Crippen molar-refractivity contribution in [3.8, 4) is 0 Å². The Balaban J connectivity index is 5.22. The third-order valence-electron chi connectivity index (χ3n) is 13.0. The minimum Gasteiger partial charge on any atom is -0.462 e. The van der Waals surface area contributed by atoms with E-state index in [1.165, 1.54) is 70.6 Å². The summed E-state index contributed by atoms with van der Waals surface area (Å²) in [5, 5.41) is 10.5. The molecular weight excluding hydrogens is 1020 g/mol. The number of hydrogen-bond acceptors (Lipinski definition) is 15. The molecule has 0 bridgehead atoms. The Morgan fingerprint density at radius 3 is 0.895 bits per heavy atom. The second-order valence-corrected chi connectivity index (χ2v) is 24.5. The summed E-state index contributed by atoms with van der Waals surface area (Å²) in [5.74, 6) is -0.755. The third kappa shape index (κ3) is 51.5. The summed E-state index contributed by atoms with van der Waals surface area (Å²) in [6.07, 6.45) is 29.7. The van der Waals surface area contributed by atoms with Gasteiger partial charge in [0, 0.05) is 25.7 Å². The molecule has 0 aromatic heterocycles. The fraction of sp³-hybridized carbons (Fsp3) is 0.930. The molecule has 76 heavy (non-hydrogen) atoms. The van der Waals surface area contributed by atoms with Crippen molar-refractivity contribution in [2.75, 3.05) is 39.6 Å². The summed E-state index contributed by atoms with van der Waals surface area (Å²) in [7, 11) is -9.87. The number of phosphoric ester groups is 2. The summed E-state index contributed by atoms with van der Waals surface area (Å²) < 4.78 is 67.5. The maximum absolute atomic E-state index is 12.9. The Kier molecular flexibility index (Phi) is 48.8. The maximum atomic E-state index is 12.9. The first-order chi connectivity index (χ1) is 36.4. The van der Waals surface area contributed by atoms with E-state index in [1.807, 2.05) is 0 Å². The summed E-state index contributed by atoms with van der Waals surface area (Å²) in [6, 6.07) is 0. The lowest BCUT2D eigenvalue weighted by Gasteiger charge is -2.21. The number of aliphatic hydroxyl groups is 1. The van der Waals surface area contributed by atoms with Crippen LogP contribution in [0.5, 0.6) is 0 Å². The van der Waals surface area contributed by atoms with Crippen LogP contribution in [0, 0.1) is 11.8 Å². The Hall–Kier alpha value is -1.94. The van der Waals surface area contributed by atoms with E-state index in [4.69, 9.17) is 37.0 Å². The average Bonchev–Trinajstić information content (AvgIpc) is 3.37. The van der Waals surface area contributed by atoms with Crippen molar-refractivity contribution in [1.82, 2.24) is 0 Å². The molecule has 450 valence electrons. The molecule has 0 aliphatic rings. The van der Waals surface area contributed by atoms with Crippen LogP contribution in [0.1, 0.15) is 273 Å². The van der Waals surface area contributed by atoms with Gasteiger partial charge in [0.2, 0.25) is 0 Å². The van der Waals surface area contributed by atoms with Crippen molar-refractivity contribution >= 4 is 39.5 Å². The number of unbranched alkanes of at least 4 members (excludes halogenated alkanes) is 26. The number of ether oxygens (including phenoxy) is 4. The fourth-order valence-electron chi connectivity index (χ4n) is 8.29. The van der Waals surface area contributed by atoms with Gasteiger partial charge in [-0.25, -0.2) is 9.13 Å². The van der Waals surface area contributed by atoms with E-state index < -0.39 is 97.5 Å². The summed E-state index contributed by atoms with van der Waals surface area (Å²) in [6.45, 7) is 9.25. The lowest BCUT2D eigenvalue weighted by Crippen LogP contribution is -2.30. The standard InChI is InChI=1S/C57H110O17P2/c1-7-9-11-13-15-16-21-29-35-41-56(61)73-52(45-67-54(59)39-33-27-19-14-12-10-8-2)47-71-75(63,64)69-43-51(58)44-70-76(65,66)72-48-53(46-68-55(60)40-34-28-24-23-26-32-38-50(5)6)74-57(62)42-36-30-22-18-17-20-25-31-37-49(3)4/h49-53,58H,7-48H2,1-6H3,(H,63,64)(H,65,66)/t51-,52+,53+/m0/s1. The van der Waals surface area contributed by atoms with Crippen LogP contribution in [0.3, 0.4) is 0 Å². The molecule has 0 saturated carbocycles. The van der Waals surface area contributed by atoms with Gasteiger partial charge in [0.25, 0.3) is 0 Å². The summed E-state index contributed by atoms with van der Waals surface area (Å²) in [5.41, 5.74) is 0. The van der Waals surface area contributed by atoms with E-state index in [9.17, 15) is 43.2 Å². The Morgan fingerprint density at radius 2 is 0.605 bits per heavy atom. The SMILES string of the molecule is CCCCCCCCCCCC(=O)O[C@H](COC(=O)CCCCCCCCC)COP(=O)(O)OC[C@H](O)COP(=O)(O)OC[C@@H](COC(=O)CCCCCCCCC(C)C)OC(=O)CCCCCCCCCCC(C)C. The van der Waals surface area contributed by atoms with E-state index >= 15 is 0 Å². The second kappa shape index (κ2) is 50.1. The molecule has 0 fully saturated rings. The van der Waals surface area contributed by atoms with E-state index in [2.05, 4.69) is 41.5 Å². The number of aliphatic hydroxyl groups excluding tert-OH is 1. The molecule has 17 nitrogen and oxygen atoms in total. The Bertz CT molecular complexity index is 1510. The van der Waals surface area contributed by atoms with Crippen LogP contribution in [0.4, 0.5) is 0 Å². The van der Waals surface area contributed by atoms with Crippen LogP contribution < -0.4 is 0 Å². The number of carbonyl (C=O) groups excluding carboxylic acids is 4. The van der Waals surface area contributed by atoms with Gasteiger partial charge < -0.3 is 33.8 Å². The maximum Gasteiger partial charge on any atom is 0.472 e. The third-order valence-corrected chi connectivity index (χ3v) is 14.9. The molecular formula is C57H110O17P2. The molecule has 2 unspecified atom stereocenters. The highest BCUT2D eigenvalue weighted by atomic mass is 31.2. The first kappa shape index (κ1) is 74.1. The van der Waals surface area contributed by atoms with Gasteiger partial charge in [-0.15, -0.1) is 0 Å². The van der Waals surface area contributed by atoms with Gasteiger partial charge >= 0.3 is 39.5 Å². The summed E-state index contributed by atoms with van der Waals surface area (Å²) >= 11 is 0. The zero-order chi connectivity index (χ0) is 56.6. The molecule has 0 spiro atoms. The monoisotopic (exact) mass is 1130 g/mol. The van der Waals surface area contributed by atoms with Crippen LogP contribution in [-0.4, -0.2) is 96.7 Å². The molecule has 5 atom stereocenters. The average molecular weight is 1130 g/mol. The van der Waals surface area contributed by atoms with Crippen molar-refractivity contribution in [2.24, 2.45) is 11.8 Å². The predicted octanol–water partition coefficient (Wildman–Crippen LogP) is 14.9. The van der Waals surface area contributed by atoms with Crippen molar-refractivity contribution in [2.45, 2.75) is 291 Å². The smallest absolute Gasteiger partial charge is 0.462 e. The molecule has 0 aliphatic heterocycles. The van der Waals surface area contributed by atoms with Gasteiger partial charge in [-0.1, -0.05) is 221 Å². The molecule has 19 heteroatoms. The highest BCUT2D eigenvalue weighted by molar-refractivity contribution is 7.47. The molecule has 0 aliphatic carbocycles. The van der Waals surface area contributed by atoms with Crippen LogP contribution in [0.15, 0.2) is 0 Å². The Labute approximate surface area is 460 Å². The van der Waals surface area contributed by atoms with E-state index in [0.29, 0.717) is 31.6 Å². The quantitative estimate of drug-likeness (QED) is 0.0222. The van der Waals surface area contributed by atoms with E-state index in [0.717, 1.165) is 115 Å². The number of phosphoric acid groups is 2. The molecule has 0 aromatic rings. The zero-order valence-electron chi connectivity index (χ0n) is 48.5. The van der Waals surface area contributed by atoms with Crippen molar-refractivity contribution in [3.63, 3.8) is 0 Å². The van der Waals surface area contributed by atoms with E-state index in [1.54, 1.807) is 0 Å². The lowest BCUT2D eigenvalue weighted by molar-refractivity contribution is -0.161. The largest absolute Gasteiger partial charge is 0.472 e. The normalized spacial score (nSPS) is 14.5. The van der Waals surface area contributed by atoms with Gasteiger partial charge in [0.05, 0.1) is 26.4 Å². The topological polar surface area (TPSA) is 237 Å². The highest BCUT2D eigenvalue weighted by Crippen LogP contribution is 2.45. The number of rotatable bonds is 56. The van der Waals surface area contributed by atoms with Gasteiger partial charge in [-0.05, 0) is 37.5 Å². The molecule has 0 heterocycles. The predicted molar refractivity (Wildman–Crippen MR) is 298 cm³/mol. The molecule has 0 amide bonds. The minimum atomic E-state index is -4.93. The van der Waals surface area contributed by atoms with Crippen LogP contribution in [0.2, 0.25) is 0 Å². The van der Waals surface area contributed by atoms with Crippen molar-refractivity contribution in [3.05, 3.63) is 0 Å².